The van der Waals surface area contributed by atoms with Crippen LogP contribution >= 0.6 is 0 Å². The third kappa shape index (κ3) is 5.77. The van der Waals surface area contributed by atoms with Crippen LogP contribution in [0.5, 0.6) is 5.75 Å². The molecular weight excluding hydrogens is 373 g/mol. The van der Waals surface area contributed by atoms with Gasteiger partial charge < -0.3 is 15.4 Å². The zero-order valence-corrected chi connectivity index (χ0v) is 16.7. The van der Waals surface area contributed by atoms with E-state index in [1.807, 2.05) is 11.8 Å². The van der Waals surface area contributed by atoms with Gasteiger partial charge in [-0.2, -0.15) is 0 Å². The van der Waals surface area contributed by atoms with Crippen LogP contribution in [0.3, 0.4) is 0 Å². The van der Waals surface area contributed by atoms with Crippen molar-refractivity contribution in [3.8, 4) is 5.75 Å². The first-order valence-corrected chi connectivity index (χ1v) is 9.74. The Morgan fingerprint density at radius 1 is 1.21 bits per heavy atom. The van der Waals surface area contributed by atoms with Crippen molar-refractivity contribution in [3.63, 3.8) is 0 Å². The number of halogens is 1. The van der Waals surface area contributed by atoms with Crippen molar-refractivity contribution in [2.45, 2.75) is 32.4 Å². The SMILES string of the molecule is CCN(CC(=O)Nc1ccccc1C(=O)NC1CC1)Cc1ccc(OC)c(F)c1. The van der Waals surface area contributed by atoms with Gasteiger partial charge >= 0.3 is 0 Å². The highest BCUT2D eigenvalue weighted by atomic mass is 19.1. The van der Waals surface area contributed by atoms with Crippen molar-refractivity contribution in [1.29, 1.82) is 0 Å². The molecule has 1 aliphatic carbocycles. The number of rotatable bonds is 9. The van der Waals surface area contributed by atoms with E-state index in [0.29, 0.717) is 24.3 Å². The highest BCUT2D eigenvalue weighted by Gasteiger charge is 2.25. The topological polar surface area (TPSA) is 70.7 Å². The monoisotopic (exact) mass is 399 g/mol. The molecule has 0 unspecified atom stereocenters. The number of carbonyl (C=O) groups excluding carboxylic acids is 2. The molecule has 0 spiro atoms. The lowest BCUT2D eigenvalue weighted by Gasteiger charge is -2.20. The van der Waals surface area contributed by atoms with E-state index in [2.05, 4.69) is 10.6 Å². The molecule has 2 amide bonds. The summed E-state index contributed by atoms with van der Waals surface area (Å²) < 4.78 is 18.8. The van der Waals surface area contributed by atoms with Crippen LogP contribution in [0.4, 0.5) is 10.1 Å². The Morgan fingerprint density at radius 3 is 2.62 bits per heavy atom. The minimum Gasteiger partial charge on any atom is -0.494 e. The Kier molecular flexibility index (Phi) is 6.82. The molecule has 0 radical (unpaired) electrons. The number of amides is 2. The van der Waals surface area contributed by atoms with Gasteiger partial charge in [-0.1, -0.05) is 25.1 Å². The van der Waals surface area contributed by atoms with Gasteiger partial charge in [0.1, 0.15) is 0 Å². The second kappa shape index (κ2) is 9.52. The van der Waals surface area contributed by atoms with E-state index >= 15 is 0 Å². The number of hydrogen-bond donors (Lipinski definition) is 2. The molecule has 2 N–H and O–H groups in total. The lowest BCUT2D eigenvalue weighted by molar-refractivity contribution is -0.117. The number of methoxy groups -OCH3 is 1. The summed E-state index contributed by atoms with van der Waals surface area (Å²) in [7, 11) is 1.42. The summed E-state index contributed by atoms with van der Waals surface area (Å²) in [5.74, 6) is -0.645. The lowest BCUT2D eigenvalue weighted by atomic mass is 10.1. The minimum atomic E-state index is -0.430. The normalized spacial score (nSPS) is 13.2. The number of ether oxygens (including phenoxy) is 1. The molecule has 7 heteroatoms. The van der Waals surface area contributed by atoms with Crippen LogP contribution in [0.25, 0.3) is 0 Å². The molecule has 6 nitrogen and oxygen atoms in total. The van der Waals surface area contributed by atoms with Gasteiger partial charge in [-0.15, -0.1) is 0 Å². The first-order valence-electron chi connectivity index (χ1n) is 9.74. The number of nitrogens with zero attached hydrogens (tertiary/aromatic N) is 1. The molecule has 2 aromatic rings. The fourth-order valence-corrected chi connectivity index (χ4v) is 3.02. The van der Waals surface area contributed by atoms with Gasteiger partial charge in [0.05, 0.1) is 24.9 Å². The second-order valence-corrected chi connectivity index (χ2v) is 7.11. The third-order valence-electron chi connectivity index (χ3n) is 4.80. The highest BCUT2D eigenvalue weighted by molar-refractivity contribution is 6.04. The molecule has 1 saturated carbocycles. The Balaban J connectivity index is 1.61. The average Bonchev–Trinajstić information content (AvgIpc) is 3.52. The van der Waals surface area contributed by atoms with Crippen LogP contribution in [0.1, 0.15) is 35.7 Å². The summed E-state index contributed by atoms with van der Waals surface area (Å²) in [6.07, 6.45) is 2.00. The smallest absolute Gasteiger partial charge is 0.253 e. The molecule has 0 atom stereocenters. The van der Waals surface area contributed by atoms with Gasteiger partial charge in [0, 0.05) is 12.6 Å². The maximum absolute atomic E-state index is 13.9. The number of nitrogens with one attached hydrogen (secondary N) is 2. The Bertz CT molecular complexity index is 883. The number of benzene rings is 2. The van der Waals surface area contributed by atoms with Crippen LogP contribution in [-0.4, -0.2) is 43.0 Å². The number of carbonyl (C=O) groups is 2. The first kappa shape index (κ1) is 20.8. The fraction of sp³-hybridized carbons (Fsp3) is 0.364. The zero-order chi connectivity index (χ0) is 20.8. The molecule has 0 aliphatic heterocycles. The highest BCUT2D eigenvalue weighted by Crippen LogP contribution is 2.22. The minimum absolute atomic E-state index is 0.128. The summed E-state index contributed by atoms with van der Waals surface area (Å²) >= 11 is 0. The Hall–Kier alpha value is -2.93. The fourth-order valence-electron chi connectivity index (χ4n) is 3.02. The van der Waals surface area contributed by atoms with E-state index < -0.39 is 5.82 Å². The summed E-state index contributed by atoms with van der Waals surface area (Å²) in [5.41, 5.74) is 1.69. The first-order chi connectivity index (χ1) is 14.0. The van der Waals surface area contributed by atoms with Gasteiger partial charge in [0.15, 0.2) is 11.6 Å². The van der Waals surface area contributed by atoms with Crippen LogP contribution < -0.4 is 15.4 Å². The molecule has 3 rings (SSSR count). The molecule has 0 bridgehead atoms. The average molecular weight is 399 g/mol. The van der Waals surface area contributed by atoms with Crippen molar-refractivity contribution < 1.29 is 18.7 Å². The van der Waals surface area contributed by atoms with Crippen LogP contribution in [0.15, 0.2) is 42.5 Å². The van der Waals surface area contributed by atoms with Crippen molar-refractivity contribution in [2.24, 2.45) is 0 Å². The molecule has 29 heavy (non-hydrogen) atoms. The summed E-state index contributed by atoms with van der Waals surface area (Å²) in [4.78, 5) is 26.8. The summed E-state index contributed by atoms with van der Waals surface area (Å²) in [6, 6.07) is 12.0. The molecule has 2 aromatic carbocycles. The number of likely N-dealkylation sites (N-methyl/N-ethyl adjacent to an activating group) is 1. The van der Waals surface area contributed by atoms with Gasteiger partial charge in [-0.3, -0.25) is 14.5 Å². The Labute approximate surface area is 170 Å². The van der Waals surface area contributed by atoms with E-state index in [-0.39, 0.29) is 30.2 Å². The van der Waals surface area contributed by atoms with Crippen molar-refractivity contribution >= 4 is 17.5 Å². The lowest BCUT2D eigenvalue weighted by Crippen LogP contribution is -2.33. The molecule has 0 saturated heterocycles. The maximum Gasteiger partial charge on any atom is 0.253 e. The molecule has 0 aromatic heterocycles. The molecule has 1 aliphatic rings. The maximum atomic E-state index is 13.9. The Morgan fingerprint density at radius 2 is 1.97 bits per heavy atom. The van der Waals surface area contributed by atoms with Crippen LogP contribution in [-0.2, 0) is 11.3 Å². The number of anilines is 1. The van der Waals surface area contributed by atoms with E-state index in [4.69, 9.17) is 4.74 Å². The zero-order valence-electron chi connectivity index (χ0n) is 16.7. The van der Waals surface area contributed by atoms with Crippen molar-refractivity contribution in [2.75, 3.05) is 25.5 Å². The predicted octanol–water partition coefficient (Wildman–Crippen LogP) is 3.19. The predicted molar refractivity (Wildman–Crippen MR) is 109 cm³/mol. The summed E-state index contributed by atoms with van der Waals surface area (Å²) in [5, 5.41) is 5.77. The summed E-state index contributed by atoms with van der Waals surface area (Å²) in [6.45, 7) is 3.10. The van der Waals surface area contributed by atoms with Gasteiger partial charge in [-0.25, -0.2) is 4.39 Å². The van der Waals surface area contributed by atoms with Gasteiger partial charge in [0.2, 0.25) is 5.91 Å². The van der Waals surface area contributed by atoms with Crippen LogP contribution in [0.2, 0.25) is 0 Å². The molecular formula is C22H26FN3O3. The number of para-hydroxylation sites is 1. The van der Waals surface area contributed by atoms with E-state index in [0.717, 1.165) is 18.4 Å². The third-order valence-corrected chi connectivity index (χ3v) is 4.80. The van der Waals surface area contributed by atoms with Gasteiger partial charge in [-0.05, 0) is 49.2 Å². The van der Waals surface area contributed by atoms with E-state index in [1.54, 1.807) is 36.4 Å². The van der Waals surface area contributed by atoms with Crippen molar-refractivity contribution in [1.82, 2.24) is 10.2 Å². The van der Waals surface area contributed by atoms with E-state index in [9.17, 15) is 14.0 Å². The molecule has 1 fully saturated rings. The van der Waals surface area contributed by atoms with Gasteiger partial charge in [0.25, 0.3) is 5.91 Å². The van der Waals surface area contributed by atoms with Crippen LogP contribution in [0, 0.1) is 5.82 Å². The quantitative estimate of drug-likeness (QED) is 0.679. The van der Waals surface area contributed by atoms with Crippen molar-refractivity contribution in [3.05, 3.63) is 59.4 Å². The largest absolute Gasteiger partial charge is 0.494 e. The molecule has 0 heterocycles. The van der Waals surface area contributed by atoms with E-state index in [1.165, 1.54) is 13.2 Å². The molecule has 154 valence electrons. The second-order valence-electron chi connectivity index (χ2n) is 7.11. The number of hydrogen-bond acceptors (Lipinski definition) is 4. The standard InChI is InChI=1S/C22H26FN3O3/c1-3-26(13-15-8-11-20(29-2)18(23)12-15)14-21(27)25-19-7-5-4-6-17(19)22(28)24-16-9-10-16/h4-8,11-12,16H,3,9-10,13-14H2,1-2H3,(H,24,28)(H,25,27).